The van der Waals surface area contributed by atoms with Crippen LogP contribution in [0.5, 0.6) is 0 Å². The third-order valence-corrected chi connectivity index (χ3v) is 5.20. The smallest absolute Gasteiger partial charge is 0.136 e. The second kappa shape index (κ2) is 6.03. The number of furan rings is 1. The summed E-state index contributed by atoms with van der Waals surface area (Å²) in [6.45, 7) is 8.65. The molecule has 0 amide bonds. The van der Waals surface area contributed by atoms with E-state index in [0.29, 0.717) is 11.8 Å². The SMILES string of the molecule is Cc1cc(-c2cc(-c3ccc4c(c3)C=CC4C(C)C)co2)cnc1C. The van der Waals surface area contributed by atoms with Crippen LogP contribution in [-0.2, 0) is 0 Å². The van der Waals surface area contributed by atoms with Crippen molar-refractivity contribution in [2.24, 2.45) is 5.92 Å². The molecule has 3 aromatic rings. The molecule has 0 fully saturated rings. The zero-order valence-corrected chi connectivity index (χ0v) is 15.2. The van der Waals surface area contributed by atoms with Crippen LogP contribution in [0.2, 0.25) is 0 Å². The van der Waals surface area contributed by atoms with Crippen LogP contribution in [0.3, 0.4) is 0 Å². The molecule has 1 aliphatic carbocycles. The van der Waals surface area contributed by atoms with E-state index in [2.05, 4.69) is 68.2 Å². The van der Waals surface area contributed by atoms with E-state index < -0.39 is 0 Å². The highest BCUT2D eigenvalue weighted by molar-refractivity contribution is 5.74. The lowest BCUT2D eigenvalue weighted by Gasteiger charge is -2.15. The molecule has 0 spiro atoms. The van der Waals surface area contributed by atoms with Gasteiger partial charge in [-0.05, 0) is 60.2 Å². The van der Waals surface area contributed by atoms with Gasteiger partial charge in [0.2, 0.25) is 0 Å². The summed E-state index contributed by atoms with van der Waals surface area (Å²) in [4.78, 5) is 4.44. The Bertz CT molecular complexity index is 962. The Kier molecular flexibility index (Phi) is 3.84. The first kappa shape index (κ1) is 15.9. The molecule has 0 saturated carbocycles. The van der Waals surface area contributed by atoms with Gasteiger partial charge in [0.15, 0.2) is 0 Å². The summed E-state index contributed by atoms with van der Waals surface area (Å²) in [5.41, 5.74) is 8.32. The van der Waals surface area contributed by atoms with Crippen molar-refractivity contribution in [3.8, 4) is 22.5 Å². The molecular weight excluding hydrogens is 306 g/mol. The summed E-state index contributed by atoms with van der Waals surface area (Å²) in [5, 5.41) is 0. The van der Waals surface area contributed by atoms with Crippen molar-refractivity contribution in [3.63, 3.8) is 0 Å². The van der Waals surface area contributed by atoms with Gasteiger partial charge in [0, 0.05) is 28.9 Å². The number of aryl methyl sites for hydroxylation is 2. The van der Waals surface area contributed by atoms with Gasteiger partial charge in [0.25, 0.3) is 0 Å². The topological polar surface area (TPSA) is 26.0 Å². The summed E-state index contributed by atoms with van der Waals surface area (Å²) in [5.74, 6) is 2.02. The Hall–Kier alpha value is -2.61. The molecule has 0 N–H and O–H groups in total. The molecule has 1 unspecified atom stereocenters. The third-order valence-electron chi connectivity index (χ3n) is 5.20. The second-order valence-corrected chi connectivity index (χ2v) is 7.30. The van der Waals surface area contributed by atoms with Gasteiger partial charge in [0.05, 0.1) is 6.26 Å². The highest BCUT2D eigenvalue weighted by Gasteiger charge is 2.20. The lowest BCUT2D eigenvalue weighted by molar-refractivity contribution is 0.582. The van der Waals surface area contributed by atoms with Gasteiger partial charge in [-0.25, -0.2) is 0 Å². The Morgan fingerprint density at radius 1 is 1.00 bits per heavy atom. The van der Waals surface area contributed by atoms with E-state index in [9.17, 15) is 0 Å². The van der Waals surface area contributed by atoms with Crippen molar-refractivity contribution in [1.29, 1.82) is 0 Å². The van der Waals surface area contributed by atoms with Gasteiger partial charge in [-0.3, -0.25) is 4.98 Å². The largest absolute Gasteiger partial charge is 0.464 e. The molecule has 25 heavy (non-hydrogen) atoms. The standard InChI is InChI=1S/C23H23NO/c1-14(2)21-7-6-18-10-17(5-8-22(18)21)20-11-23(25-13-20)19-9-15(3)16(4)24-12-19/h5-14,21H,1-4H3. The van der Waals surface area contributed by atoms with Gasteiger partial charge < -0.3 is 4.42 Å². The first-order chi connectivity index (χ1) is 12.0. The van der Waals surface area contributed by atoms with E-state index in [1.54, 1.807) is 0 Å². The Morgan fingerprint density at radius 2 is 1.84 bits per heavy atom. The Morgan fingerprint density at radius 3 is 2.60 bits per heavy atom. The van der Waals surface area contributed by atoms with Crippen molar-refractivity contribution >= 4 is 6.08 Å². The highest BCUT2D eigenvalue weighted by Crippen LogP contribution is 2.38. The molecule has 2 aromatic heterocycles. The van der Waals surface area contributed by atoms with Crippen LogP contribution in [0, 0.1) is 19.8 Å². The van der Waals surface area contributed by atoms with E-state index in [0.717, 1.165) is 22.6 Å². The number of hydrogen-bond acceptors (Lipinski definition) is 2. The van der Waals surface area contributed by atoms with Crippen LogP contribution in [0.15, 0.2) is 53.3 Å². The van der Waals surface area contributed by atoms with Gasteiger partial charge in [-0.1, -0.05) is 38.1 Å². The third kappa shape index (κ3) is 2.82. The van der Waals surface area contributed by atoms with E-state index in [1.807, 2.05) is 19.4 Å². The zero-order valence-electron chi connectivity index (χ0n) is 15.2. The number of rotatable bonds is 3. The van der Waals surface area contributed by atoms with Gasteiger partial charge >= 0.3 is 0 Å². The molecule has 1 aliphatic rings. The summed E-state index contributed by atoms with van der Waals surface area (Å²) in [6, 6.07) is 11.0. The Labute approximate surface area is 149 Å². The number of pyridine rings is 1. The molecule has 0 radical (unpaired) electrons. The molecule has 2 heterocycles. The molecule has 2 heteroatoms. The summed E-state index contributed by atoms with van der Waals surface area (Å²) >= 11 is 0. The molecule has 0 aliphatic heterocycles. The highest BCUT2D eigenvalue weighted by atomic mass is 16.3. The number of aromatic nitrogens is 1. The quantitative estimate of drug-likeness (QED) is 0.556. The Balaban J connectivity index is 1.67. The van der Waals surface area contributed by atoms with Crippen molar-refractivity contribution in [1.82, 2.24) is 4.98 Å². The molecule has 1 aromatic carbocycles. The summed E-state index contributed by atoms with van der Waals surface area (Å²) < 4.78 is 5.82. The van der Waals surface area contributed by atoms with E-state index in [-0.39, 0.29) is 0 Å². The molecule has 0 bridgehead atoms. The number of hydrogen-bond donors (Lipinski definition) is 0. The van der Waals surface area contributed by atoms with E-state index in [1.165, 1.54) is 22.3 Å². The first-order valence-corrected chi connectivity index (χ1v) is 8.87. The average molecular weight is 329 g/mol. The number of allylic oxidation sites excluding steroid dienone is 1. The fourth-order valence-electron chi connectivity index (χ4n) is 3.51. The average Bonchev–Trinajstić information content (AvgIpc) is 3.23. The minimum atomic E-state index is 0.533. The van der Waals surface area contributed by atoms with Crippen molar-refractivity contribution in [2.75, 3.05) is 0 Å². The first-order valence-electron chi connectivity index (χ1n) is 8.87. The van der Waals surface area contributed by atoms with Gasteiger partial charge in [-0.15, -0.1) is 0 Å². The maximum Gasteiger partial charge on any atom is 0.136 e. The summed E-state index contributed by atoms with van der Waals surface area (Å²) in [7, 11) is 0. The van der Waals surface area contributed by atoms with Crippen molar-refractivity contribution < 1.29 is 4.42 Å². The maximum atomic E-state index is 5.82. The van der Waals surface area contributed by atoms with Crippen LogP contribution in [0.25, 0.3) is 28.5 Å². The molecule has 2 nitrogen and oxygen atoms in total. The predicted octanol–water partition coefficient (Wildman–Crippen LogP) is 6.39. The van der Waals surface area contributed by atoms with Gasteiger partial charge in [-0.2, -0.15) is 0 Å². The van der Waals surface area contributed by atoms with E-state index in [4.69, 9.17) is 4.42 Å². The fourth-order valence-corrected chi connectivity index (χ4v) is 3.51. The van der Waals surface area contributed by atoms with Crippen LogP contribution in [0.4, 0.5) is 0 Å². The van der Waals surface area contributed by atoms with E-state index >= 15 is 0 Å². The zero-order chi connectivity index (χ0) is 17.6. The maximum absolute atomic E-state index is 5.82. The molecule has 126 valence electrons. The van der Waals surface area contributed by atoms with Crippen LogP contribution in [-0.4, -0.2) is 4.98 Å². The lowest BCUT2D eigenvalue weighted by Crippen LogP contribution is -2.01. The normalized spacial score (nSPS) is 15.8. The molecule has 4 rings (SSSR count). The second-order valence-electron chi connectivity index (χ2n) is 7.30. The summed E-state index contributed by atoms with van der Waals surface area (Å²) in [6.07, 6.45) is 8.28. The predicted molar refractivity (Wildman–Crippen MR) is 103 cm³/mol. The monoisotopic (exact) mass is 329 g/mol. The minimum absolute atomic E-state index is 0.533. The van der Waals surface area contributed by atoms with Crippen molar-refractivity contribution in [2.45, 2.75) is 33.6 Å². The van der Waals surface area contributed by atoms with Crippen LogP contribution in [0.1, 0.15) is 42.1 Å². The fraction of sp³-hybridized carbons (Fsp3) is 0.261. The lowest BCUT2D eigenvalue weighted by atomic mass is 9.89. The molecule has 1 atom stereocenters. The van der Waals surface area contributed by atoms with Crippen LogP contribution < -0.4 is 0 Å². The number of nitrogens with zero attached hydrogens (tertiary/aromatic N) is 1. The van der Waals surface area contributed by atoms with Crippen LogP contribution >= 0.6 is 0 Å². The van der Waals surface area contributed by atoms with Gasteiger partial charge in [0.1, 0.15) is 5.76 Å². The number of fused-ring (bicyclic) bond motifs is 1. The van der Waals surface area contributed by atoms with Crippen molar-refractivity contribution in [3.05, 3.63) is 71.3 Å². The number of benzene rings is 1. The molecule has 0 saturated heterocycles. The molecular formula is C23H23NO. The minimum Gasteiger partial charge on any atom is -0.464 e.